The second-order valence-corrected chi connectivity index (χ2v) is 5.29. The number of carbonyl (C=O) groups is 1. The molecule has 1 fully saturated rings. The third-order valence-electron chi connectivity index (χ3n) is 3.46. The lowest BCUT2D eigenvalue weighted by Crippen LogP contribution is -2.56. The van der Waals surface area contributed by atoms with Crippen molar-refractivity contribution in [3.8, 4) is 0 Å². The highest BCUT2D eigenvalue weighted by Crippen LogP contribution is 2.19. The number of ether oxygens (including phenoxy) is 1. The fourth-order valence-electron chi connectivity index (χ4n) is 2.62. The van der Waals surface area contributed by atoms with Crippen LogP contribution in [0.3, 0.4) is 0 Å². The zero-order valence-electron chi connectivity index (χ0n) is 11.8. The summed E-state index contributed by atoms with van der Waals surface area (Å²) in [5.41, 5.74) is 2.48. The number of piperazine rings is 1. The Morgan fingerprint density at radius 3 is 2.95 bits per heavy atom. The summed E-state index contributed by atoms with van der Waals surface area (Å²) < 4.78 is 4.75. The molecule has 104 valence electrons. The van der Waals surface area contributed by atoms with Crippen LogP contribution in [0.1, 0.15) is 18.9 Å². The first-order valence-corrected chi connectivity index (χ1v) is 6.73. The summed E-state index contributed by atoms with van der Waals surface area (Å²) in [5.74, 6) is -0.157. The molecule has 2 unspecified atom stereocenters. The molecule has 1 heterocycles. The monoisotopic (exact) mass is 262 g/mol. The van der Waals surface area contributed by atoms with Gasteiger partial charge in [0.15, 0.2) is 0 Å². The highest BCUT2D eigenvalue weighted by Gasteiger charge is 2.26. The van der Waals surface area contributed by atoms with E-state index in [9.17, 15) is 4.79 Å². The zero-order chi connectivity index (χ0) is 13.8. The molecule has 1 aliphatic heterocycles. The Balaban J connectivity index is 2.07. The van der Waals surface area contributed by atoms with Crippen molar-refractivity contribution >= 4 is 11.7 Å². The highest BCUT2D eigenvalue weighted by atomic mass is 16.5. The number of carbonyl (C=O) groups excluding carboxylic acids is 1. The van der Waals surface area contributed by atoms with E-state index in [1.165, 1.54) is 18.4 Å². The van der Waals surface area contributed by atoms with Crippen LogP contribution in [0.15, 0.2) is 24.3 Å². The molecule has 19 heavy (non-hydrogen) atoms. The lowest BCUT2D eigenvalue weighted by Gasteiger charge is -2.38. The molecule has 1 aliphatic rings. The molecule has 2 rings (SSSR count). The Morgan fingerprint density at radius 2 is 2.26 bits per heavy atom. The molecule has 2 atom stereocenters. The van der Waals surface area contributed by atoms with E-state index in [1.54, 1.807) is 0 Å². The van der Waals surface area contributed by atoms with Crippen LogP contribution in [-0.4, -0.2) is 38.3 Å². The van der Waals surface area contributed by atoms with Gasteiger partial charge < -0.3 is 15.0 Å². The van der Waals surface area contributed by atoms with Crippen LogP contribution in [0.2, 0.25) is 0 Å². The Morgan fingerprint density at radius 1 is 1.47 bits per heavy atom. The van der Waals surface area contributed by atoms with Crippen LogP contribution in [0, 0.1) is 6.92 Å². The summed E-state index contributed by atoms with van der Waals surface area (Å²) in [6.45, 7) is 6.04. The maximum absolute atomic E-state index is 11.4. The minimum absolute atomic E-state index is 0.150. The molecular weight excluding hydrogens is 240 g/mol. The van der Waals surface area contributed by atoms with E-state index in [2.05, 4.69) is 48.3 Å². The van der Waals surface area contributed by atoms with Crippen molar-refractivity contribution in [1.82, 2.24) is 5.32 Å². The first-order chi connectivity index (χ1) is 9.08. The number of methoxy groups -OCH3 is 1. The summed E-state index contributed by atoms with van der Waals surface area (Å²) in [4.78, 5) is 13.7. The first kappa shape index (κ1) is 13.9. The molecule has 0 amide bonds. The van der Waals surface area contributed by atoms with Crippen LogP contribution in [0.5, 0.6) is 0 Å². The maximum Gasteiger partial charge on any atom is 0.307 e. The second kappa shape index (κ2) is 6.06. The van der Waals surface area contributed by atoms with Crippen molar-refractivity contribution in [1.29, 1.82) is 0 Å². The van der Waals surface area contributed by atoms with E-state index in [-0.39, 0.29) is 12.0 Å². The molecule has 4 nitrogen and oxygen atoms in total. The number of aryl methyl sites for hydroxylation is 1. The van der Waals surface area contributed by atoms with Crippen molar-refractivity contribution in [3.05, 3.63) is 29.8 Å². The molecule has 1 aromatic rings. The number of rotatable bonds is 3. The van der Waals surface area contributed by atoms with Crippen LogP contribution >= 0.6 is 0 Å². The normalized spacial score (nSPS) is 23.2. The molecule has 0 spiro atoms. The fourth-order valence-corrected chi connectivity index (χ4v) is 2.62. The Kier molecular flexibility index (Phi) is 4.43. The van der Waals surface area contributed by atoms with Gasteiger partial charge in [0.2, 0.25) is 0 Å². The quantitative estimate of drug-likeness (QED) is 0.842. The number of esters is 1. The SMILES string of the molecule is COC(=O)CC1CN(c2cccc(C)c2)CC(C)N1. The predicted molar refractivity (Wildman–Crippen MR) is 76.4 cm³/mol. The van der Waals surface area contributed by atoms with Gasteiger partial charge in [-0.15, -0.1) is 0 Å². The molecule has 0 aromatic heterocycles. The van der Waals surface area contributed by atoms with E-state index in [0.717, 1.165) is 13.1 Å². The van der Waals surface area contributed by atoms with Crippen molar-refractivity contribution in [2.24, 2.45) is 0 Å². The van der Waals surface area contributed by atoms with Crippen LogP contribution < -0.4 is 10.2 Å². The summed E-state index contributed by atoms with van der Waals surface area (Å²) >= 11 is 0. The maximum atomic E-state index is 11.4. The van der Waals surface area contributed by atoms with Crippen LogP contribution in [0.25, 0.3) is 0 Å². The molecule has 1 N–H and O–H groups in total. The van der Waals surface area contributed by atoms with Crippen LogP contribution in [-0.2, 0) is 9.53 Å². The molecule has 1 aromatic carbocycles. The third-order valence-corrected chi connectivity index (χ3v) is 3.46. The number of hydrogen-bond donors (Lipinski definition) is 1. The summed E-state index contributed by atoms with van der Waals surface area (Å²) in [6.07, 6.45) is 0.420. The molecule has 1 saturated heterocycles. The van der Waals surface area contributed by atoms with Gasteiger partial charge >= 0.3 is 5.97 Å². The summed E-state index contributed by atoms with van der Waals surface area (Å²) in [6, 6.07) is 9.00. The number of anilines is 1. The van der Waals surface area contributed by atoms with Crippen molar-refractivity contribution in [2.45, 2.75) is 32.4 Å². The minimum Gasteiger partial charge on any atom is -0.469 e. The average Bonchev–Trinajstić information content (AvgIpc) is 2.38. The fraction of sp³-hybridized carbons (Fsp3) is 0.533. The number of benzene rings is 1. The smallest absolute Gasteiger partial charge is 0.307 e. The lowest BCUT2D eigenvalue weighted by molar-refractivity contribution is -0.141. The van der Waals surface area contributed by atoms with E-state index < -0.39 is 0 Å². The molecule has 0 radical (unpaired) electrons. The van der Waals surface area contributed by atoms with Crippen LogP contribution in [0.4, 0.5) is 5.69 Å². The van der Waals surface area contributed by atoms with E-state index in [1.807, 2.05) is 0 Å². The van der Waals surface area contributed by atoms with Gasteiger partial charge in [-0.25, -0.2) is 0 Å². The van der Waals surface area contributed by atoms with E-state index >= 15 is 0 Å². The summed E-state index contributed by atoms with van der Waals surface area (Å²) in [5, 5.41) is 3.45. The highest BCUT2D eigenvalue weighted by molar-refractivity contribution is 5.70. The Labute approximate surface area is 114 Å². The molecule has 0 bridgehead atoms. The number of nitrogens with one attached hydrogen (secondary N) is 1. The van der Waals surface area contributed by atoms with Crippen molar-refractivity contribution in [3.63, 3.8) is 0 Å². The van der Waals surface area contributed by atoms with Gasteiger partial charge in [-0.2, -0.15) is 0 Å². The predicted octanol–water partition coefficient (Wildman–Crippen LogP) is 1.72. The topological polar surface area (TPSA) is 41.6 Å². The van der Waals surface area contributed by atoms with Gasteiger partial charge in [-0.05, 0) is 31.5 Å². The number of nitrogens with zero attached hydrogens (tertiary/aromatic N) is 1. The van der Waals surface area contributed by atoms with Gasteiger partial charge in [0, 0.05) is 30.9 Å². The number of hydrogen-bond acceptors (Lipinski definition) is 4. The molecule has 0 saturated carbocycles. The molecule has 0 aliphatic carbocycles. The summed E-state index contributed by atoms with van der Waals surface area (Å²) in [7, 11) is 1.44. The molecular formula is C15H22N2O2. The zero-order valence-corrected chi connectivity index (χ0v) is 11.8. The van der Waals surface area contributed by atoms with Crippen molar-refractivity contribution < 1.29 is 9.53 Å². The Bertz CT molecular complexity index is 448. The minimum atomic E-state index is -0.157. The van der Waals surface area contributed by atoms with Gasteiger partial charge in [0.05, 0.1) is 13.5 Å². The standard InChI is InChI=1S/C15H22N2O2/c1-11-5-4-6-14(7-11)17-9-12(2)16-13(10-17)8-15(18)19-3/h4-7,12-13,16H,8-10H2,1-3H3. The van der Waals surface area contributed by atoms with Gasteiger partial charge in [0.1, 0.15) is 0 Å². The first-order valence-electron chi connectivity index (χ1n) is 6.73. The molecule has 4 heteroatoms. The second-order valence-electron chi connectivity index (χ2n) is 5.29. The van der Waals surface area contributed by atoms with Crippen molar-refractivity contribution in [2.75, 3.05) is 25.1 Å². The lowest BCUT2D eigenvalue weighted by atomic mass is 10.1. The Hall–Kier alpha value is -1.55. The third kappa shape index (κ3) is 3.70. The van der Waals surface area contributed by atoms with E-state index in [0.29, 0.717) is 12.5 Å². The van der Waals surface area contributed by atoms with Gasteiger partial charge in [-0.1, -0.05) is 12.1 Å². The van der Waals surface area contributed by atoms with E-state index in [4.69, 9.17) is 4.74 Å². The van der Waals surface area contributed by atoms with Gasteiger partial charge in [0.25, 0.3) is 0 Å². The largest absolute Gasteiger partial charge is 0.469 e. The van der Waals surface area contributed by atoms with Gasteiger partial charge in [-0.3, -0.25) is 4.79 Å². The average molecular weight is 262 g/mol.